The highest BCUT2D eigenvalue weighted by molar-refractivity contribution is 9.10. The third-order valence-corrected chi connectivity index (χ3v) is 6.12. The summed E-state index contributed by atoms with van der Waals surface area (Å²) in [5.74, 6) is -0.325. The van der Waals surface area contributed by atoms with Crippen molar-refractivity contribution in [1.29, 1.82) is 0 Å². The highest BCUT2D eigenvalue weighted by atomic mass is 79.9. The first-order valence-corrected chi connectivity index (χ1v) is 11.1. The van der Waals surface area contributed by atoms with Gasteiger partial charge in [-0.1, -0.05) is 6.07 Å². The molecule has 0 unspecified atom stereocenters. The van der Waals surface area contributed by atoms with Gasteiger partial charge in [-0.05, 0) is 65.7 Å². The first kappa shape index (κ1) is 21.8. The van der Waals surface area contributed by atoms with E-state index in [0.29, 0.717) is 32.6 Å². The van der Waals surface area contributed by atoms with Crippen LogP contribution in [0.15, 0.2) is 59.5 Å². The van der Waals surface area contributed by atoms with Crippen molar-refractivity contribution < 1.29 is 9.13 Å². The van der Waals surface area contributed by atoms with Crippen LogP contribution in [0.4, 0.5) is 15.9 Å². The average molecular weight is 520 g/mol. The minimum Gasteiger partial charge on any atom is -0.421 e. The van der Waals surface area contributed by atoms with Gasteiger partial charge in [0.2, 0.25) is 0 Å². The molecule has 170 valence electrons. The van der Waals surface area contributed by atoms with Crippen molar-refractivity contribution in [3.05, 3.63) is 76.5 Å². The fourth-order valence-corrected chi connectivity index (χ4v) is 4.51. The molecule has 0 spiro atoms. The minimum absolute atomic E-state index is 0.000635. The second-order valence-electron chi connectivity index (χ2n) is 7.73. The van der Waals surface area contributed by atoms with Crippen molar-refractivity contribution in [1.82, 2.24) is 24.5 Å². The van der Waals surface area contributed by atoms with Crippen LogP contribution in [0.2, 0.25) is 0 Å². The number of rotatable bonds is 4. The van der Waals surface area contributed by atoms with Crippen LogP contribution in [0.3, 0.4) is 0 Å². The van der Waals surface area contributed by atoms with Gasteiger partial charge in [-0.25, -0.2) is 24.3 Å². The van der Waals surface area contributed by atoms with Gasteiger partial charge in [0.05, 0.1) is 10.2 Å². The Morgan fingerprint density at radius 1 is 1.00 bits per heavy atom. The summed E-state index contributed by atoms with van der Waals surface area (Å²) in [5, 5.41) is 0. The second-order valence-corrected chi connectivity index (χ2v) is 8.52. The first-order chi connectivity index (χ1) is 16.3. The molecule has 0 amide bonds. The molecule has 8 nitrogen and oxygen atoms in total. The molecule has 0 radical (unpaired) electrons. The number of nitrogens with zero attached hydrogens (tertiary/aromatic N) is 5. The predicted octanol–water partition coefficient (Wildman–Crippen LogP) is 5.35. The summed E-state index contributed by atoms with van der Waals surface area (Å²) in [7, 11) is 0. The maximum Gasteiger partial charge on any atom is 0.322 e. The standard InChI is InChI=1S/C24H19BrFN7O/c1-12-9-14(27)3-5-16(12)21-19(25)20-22(23(28)31-11-30-20)33(21)15-4-6-18(17(26)10-15)34-24-29-8-7-13(2)32-24/h3-11H,27H2,1-2H3,(H2,28,30,31). The first-order valence-electron chi connectivity index (χ1n) is 10.3. The van der Waals surface area contributed by atoms with Crippen molar-refractivity contribution in [2.75, 3.05) is 11.5 Å². The van der Waals surface area contributed by atoms with Gasteiger partial charge in [0.1, 0.15) is 17.4 Å². The Hall–Kier alpha value is -4.05. The zero-order valence-electron chi connectivity index (χ0n) is 18.3. The Bertz CT molecular complexity index is 1570. The fraction of sp³-hybridized carbons (Fsp3) is 0.0833. The van der Waals surface area contributed by atoms with Crippen LogP contribution in [-0.2, 0) is 0 Å². The number of hydrogen-bond acceptors (Lipinski definition) is 7. The second kappa shape index (κ2) is 8.38. The van der Waals surface area contributed by atoms with E-state index in [2.05, 4.69) is 35.9 Å². The molecule has 5 rings (SSSR count). The zero-order chi connectivity index (χ0) is 24.0. The summed E-state index contributed by atoms with van der Waals surface area (Å²) in [5.41, 5.74) is 17.8. The quantitative estimate of drug-likeness (QED) is 0.307. The van der Waals surface area contributed by atoms with Crippen LogP contribution < -0.4 is 16.2 Å². The van der Waals surface area contributed by atoms with Gasteiger partial charge < -0.3 is 20.8 Å². The fourth-order valence-electron chi connectivity index (χ4n) is 3.83. The largest absolute Gasteiger partial charge is 0.421 e. The normalized spacial score (nSPS) is 11.2. The zero-order valence-corrected chi connectivity index (χ0v) is 19.8. The summed E-state index contributed by atoms with van der Waals surface area (Å²) in [6.45, 7) is 3.75. The molecule has 0 saturated heterocycles. The summed E-state index contributed by atoms with van der Waals surface area (Å²) in [4.78, 5) is 16.7. The molecule has 0 aliphatic carbocycles. The van der Waals surface area contributed by atoms with Crippen LogP contribution in [0, 0.1) is 19.7 Å². The van der Waals surface area contributed by atoms with E-state index in [4.69, 9.17) is 16.2 Å². The van der Waals surface area contributed by atoms with E-state index >= 15 is 4.39 Å². The number of hydrogen-bond donors (Lipinski definition) is 2. The van der Waals surface area contributed by atoms with E-state index in [1.54, 1.807) is 25.3 Å². The topological polar surface area (TPSA) is 118 Å². The Labute approximate surface area is 202 Å². The molecule has 3 aromatic heterocycles. The number of fused-ring (bicyclic) bond motifs is 1. The third-order valence-electron chi connectivity index (χ3n) is 5.37. The van der Waals surface area contributed by atoms with Gasteiger partial charge >= 0.3 is 6.01 Å². The average Bonchev–Trinajstić information content (AvgIpc) is 3.09. The van der Waals surface area contributed by atoms with Crippen LogP contribution in [-0.4, -0.2) is 24.5 Å². The summed E-state index contributed by atoms with van der Waals surface area (Å²) < 4.78 is 23.3. The molecule has 0 atom stereocenters. The van der Waals surface area contributed by atoms with Gasteiger partial charge in [0.15, 0.2) is 17.4 Å². The predicted molar refractivity (Wildman–Crippen MR) is 132 cm³/mol. The summed E-state index contributed by atoms with van der Waals surface area (Å²) >= 11 is 3.67. The molecule has 3 heterocycles. The highest BCUT2D eigenvalue weighted by Crippen LogP contribution is 2.42. The maximum absolute atomic E-state index is 15.2. The molecule has 0 aliphatic heterocycles. The number of benzene rings is 2. The van der Waals surface area contributed by atoms with Crippen LogP contribution in [0.25, 0.3) is 28.0 Å². The van der Waals surface area contributed by atoms with E-state index in [9.17, 15) is 0 Å². The number of nitrogen functional groups attached to an aromatic ring is 2. The van der Waals surface area contributed by atoms with Crippen molar-refractivity contribution in [3.63, 3.8) is 0 Å². The van der Waals surface area contributed by atoms with Crippen molar-refractivity contribution in [2.24, 2.45) is 0 Å². The highest BCUT2D eigenvalue weighted by Gasteiger charge is 2.23. The molecule has 2 aromatic carbocycles. The Morgan fingerprint density at radius 2 is 1.82 bits per heavy atom. The number of ether oxygens (including phenoxy) is 1. The molecule has 34 heavy (non-hydrogen) atoms. The summed E-state index contributed by atoms with van der Waals surface area (Å²) in [6, 6.07) is 12.0. The molecule has 10 heteroatoms. The maximum atomic E-state index is 15.2. The lowest BCUT2D eigenvalue weighted by molar-refractivity contribution is 0.410. The molecule has 0 bridgehead atoms. The third kappa shape index (κ3) is 3.71. The Balaban J connectivity index is 1.71. The Morgan fingerprint density at radius 3 is 2.56 bits per heavy atom. The van der Waals surface area contributed by atoms with E-state index in [1.807, 2.05) is 29.7 Å². The summed E-state index contributed by atoms with van der Waals surface area (Å²) in [6.07, 6.45) is 2.95. The molecular weight excluding hydrogens is 501 g/mol. The van der Waals surface area contributed by atoms with Gasteiger partial charge in [-0.15, -0.1) is 0 Å². The van der Waals surface area contributed by atoms with Crippen LogP contribution in [0.5, 0.6) is 11.8 Å². The van der Waals surface area contributed by atoms with Gasteiger partial charge in [0, 0.05) is 34.9 Å². The molecule has 0 fully saturated rings. The lowest BCUT2D eigenvalue weighted by atomic mass is 10.0. The number of nitrogens with two attached hydrogens (primary N) is 2. The number of aryl methyl sites for hydroxylation is 2. The number of anilines is 2. The number of aromatic nitrogens is 5. The lowest BCUT2D eigenvalue weighted by Gasteiger charge is -2.15. The van der Waals surface area contributed by atoms with E-state index in [0.717, 1.165) is 16.8 Å². The van der Waals surface area contributed by atoms with E-state index < -0.39 is 5.82 Å². The SMILES string of the molecule is Cc1ccnc(Oc2ccc(-n3c(-c4ccc(N)cc4C)c(Br)c4ncnc(N)c43)cc2F)n1. The molecular formula is C24H19BrFN7O. The monoisotopic (exact) mass is 519 g/mol. The van der Waals surface area contributed by atoms with Gasteiger partial charge in [-0.3, -0.25) is 0 Å². The molecule has 5 aromatic rings. The van der Waals surface area contributed by atoms with E-state index in [-0.39, 0.29) is 17.6 Å². The smallest absolute Gasteiger partial charge is 0.322 e. The van der Waals surface area contributed by atoms with Crippen LogP contribution in [0.1, 0.15) is 11.3 Å². The van der Waals surface area contributed by atoms with Crippen molar-refractivity contribution in [2.45, 2.75) is 13.8 Å². The van der Waals surface area contributed by atoms with Gasteiger partial charge in [-0.2, -0.15) is 0 Å². The molecule has 4 N–H and O–H groups in total. The van der Waals surface area contributed by atoms with Crippen LogP contribution >= 0.6 is 15.9 Å². The molecule has 0 aliphatic rings. The van der Waals surface area contributed by atoms with Crippen molar-refractivity contribution >= 4 is 38.5 Å². The van der Waals surface area contributed by atoms with Crippen molar-refractivity contribution in [3.8, 4) is 28.7 Å². The Kier molecular flexibility index (Phi) is 5.37. The van der Waals surface area contributed by atoms with E-state index in [1.165, 1.54) is 18.5 Å². The lowest BCUT2D eigenvalue weighted by Crippen LogP contribution is -2.03. The number of halogens is 2. The molecule has 0 saturated carbocycles. The van der Waals surface area contributed by atoms with Gasteiger partial charge in [0.25, 0.3) is 0 Å². The minimum atomic E-state index is -0.587.